The van der Waals surface area contributed by atoms with Gasteiger partial charge in [-0.25, -0.2) is 17.9 Å². The van der Waals surface area contributed by atoms with Crippen LogP contribution in [0.4, 0.5) is 5.69 Å². The topological polar surface area (TPSA) is 105 Å². The lowest BCUT2D eigenvalue weighted by atomic mass is 10.2. The van der Waals surface area contributed by atoms with Gasteiger partial charge in [-0.2, -0.15) is 0 Å². The van der Waals surface area contributed by atoms with Crippen LogP contribution in [0.15, 0.2) is 23.1 Å². The maximum absolute atomic E-state index is 12.8. The molecule has 1 saturated carbocycles. The number of hydrogen-bond donors (Lipinski definition) is 3. The molecule has 8 heteroatoms. The van der Waals surface area contributed by atoms with Crippen LogP contribution in [0.5, 0.6) is 0 Å². The predicted molar refractivity (Wildman–Crippen MR) is 95.6 cm³/mol. The molecule has 0 bridgehead atoms. The Morgan fingerprint density at radius 3 is 2.68 bits per heavy atom. The zero-order chi connectivity index (χ0) is 18.3. The van der Waals surface area contributed by atoms with Crippen molar-refractivity contribution in [2.45, 2.75) is 50.0 Å². The number of carboxylic acid groups (broad SMARTS) is 1. The average molecular weight is 370 g/mol. The summed E-state index contributed by atoms with van der Waals surface area (Å²) in [7, 11) is -3.78. The summed E-state index contributed by atoms with van der Waals surface area (Å²) >= 11 is 0. The molecule has 1 aromatic carbocycles. The van der Waals surface area contributed by atoms with Crippen LogP contribution >= 0.6 is 0 Å². The van der Waals surface area contributed by atoms with Crippen LogP contribution in [0.3, 0.4) is 0 Å². The summed E-state index contributed by atoms with van der Waals surface area (Å²) in [5, 5.41) is 12.2. The average Bonchev–Trinajstić information content (AvgIpc) is 3.06. The zero-order valence-corrected chi connectivity index (χ0v) is 15.3. The van der Waals surface area contributed by atoms with Crippen molar-refractivity contribution >= 4 is 21.7 Å². The second kappa shape index (κ2) is 9.17. The monoisotopic (exact) mass is 370 g/mol. The number of benzene rings is 1. The lowest BCUT2D eigenvalue weighted by Crippen LogP contribution is -2.33. The molecule has 1 aliphatic rings. The summed E-state index contributed by atoms with van der Waals surface area (Å²) < 4.78 is 33.5. The van der Waals surface area contributed by atoms with E-state index in [9.17, 15) is 18.3 Å². The fourth-order valence-corrected chi connectivity index (χ4v) is 4.41. The molecule has 0 aromatic heterocycles. The van der Waals surface area contributed by atoms with E-state index in [2.05, 4.69) is 10.0 Å². The minimum Gasteiger partial charge on any atom is -0.478 e. The lowest BCUT2D eigenvalue weighted by Gasteiger charge is -2.17. The smallest absolute Gasteiger partial charge is 0.335 e. The Morgan fingerprint density at radius 1 is 1.32 bits per heavy atom. The van der Waals surface area contributed by atoms with Gasteiger partial charge in [0.25, 0.3) is 0 Å². The second-order valence-electron chi connectivity index (χ2n) is 6.10. The Balaban J connectivity index is 2.18. The Kier molecular flexibility index (Phi) is 7.22. The highest BCUT2D eigenvalue weighted by atomic mass is 32.2. The van der Waals surface area contributed by atoms with E-state index in [0.29, 0.717) is 25.4 Å². The van der Waals surface area contributed by atoms with Gasteiger partial charge in [0.2, 0.25) is 10.0 Å². The molecule has 0 radical (unpaired) electrons. The highest BCUT2D eigenvalue weighted by molar-refractivity contribution is 7.89. The minimum atomic E-state index is -3.78. The molecule has 1 fully saturated rings. The van der Waals surface area contributed by atoms with Crippen molar-refractivity contribution in [2.75, 3.05) is 25.1 Å². The van der Waals surface area contributed by atoms with Gasteiger partial charge in [0, 0.05) is 25.8 Å². The molecule has 1 aromatic rings. The maximum Gasteiger partial charge on any atom is 0.335 e. The van der Waals surface area contributed by atoms with Gasteiger partial charge in [-0.05, 0) is 44.4 Å². The summed E-state index contributed by atoms with van der Waals surface area (Å²) in [6.07, 6.45) is 4.36. The fraction of sp³-hybridized carbons (Fsp3) is 0.588. The van der Waals surface area contributed by atoms with Crippen molar-refractivity contribution in [1.82, 2.24) is 4.72 Å². The van der Waals surface area contributed by atoms with E-state index in [1.165, 1.54) is 18.2 Å². The number of nitrogens with one attached hydrogen (secondary N) is 2. The molecular formula is C17H26N2O5S. The second-order valence-corrected chi connectivity index (χ2v) is 7.78. The Morgan fingerprint density at radius 2 is 2.04 bits per heavy atom. The molecule has 0 aliphatic heterocycles. The van der Waals surface area contributed by atoms with E-state index in [0.717, 1.165) is 32.1 Å². The molecule has 0 saturated heterocycles. The molecule has 140 valence electrons. The first-order chi connectivity index (χ1) is 11.9. The van der Waals surface area contributed by atoms with E-state index >= 15 is 0 Å². The third-order valence-corrected chi connectivity index (χ3v) is 5.74. The molecule has 0 unspecified atom stereocenters. The molecule has 2 rings (SSSR count). The van der Waals surface area contributed by atoms with Gasteiger partial charge in [-0.1, -0.05) is 12.8 Å². The van der Waals surface area contributed by atoms with Gasteiger partial charge < -0.3 is 15.2 Å². The van der Waals surface area contributed by atoms with Crippen molar-refractivity contribution in [3.8, 4) is 0 Å². The number of ether oxygens (including phenoxy) is 1. The maximum atomic E-state index is 12.8. The van der Waals surface area contributed by atoms with Gasteiger partial charge in [-0.15, -0.1) is 0 Å². The SMILES string of the molecule is CCOCCCNc1ccc(C(=O)O)cc1S(=O)(=O)NC1CCCC1. The summed E-state index contributed by atoms with van der Waals surface area (Å²) in [6.45, 7) is 3.67. The molecule has 0 atom stereocenters. The van der Waals surface area contributed by atoms with E-state index in [1.54, 1.807) is 0 Å². The highest BCUT2D eigenvalue weighted by Crippen LogP contribution is 2.26. The number of carbonyl (C=O) groups is 1. The summed E-state index contributed by atoms with van der Waals surface area (Å²) in [5.41, 5.74) is 0.360. The number of carboxylic acids is 1. The van der Waals surface area contributed by atoms with Crippen molar-refractivity contribution < 1.29 is 23.1 Å². The van der Waals surface area contributed by atoms with Crippen LogP contribution in [0.25, 0.3) is 0 Å². The Hall–Kier alpha value is -1.64. The number of aromatic carboxylic acids is 1. The number of anilines is 1. The first-order valence-electron chi connectivity index (χ1n) is 8.65. The molecular weight excluding hydrogens is 344 g/mol. The lowest BCUT2D eigenvalue weighted by molar-refractivity contribution is 0.0696. The van der Waals surface area contributed by atoms with Gasteiger partial charge in [0.05, 0.1) is 11.3 Å². The molecule has 1 aliphatic carbocycles. The van der Waals surface area contributed by atoms with Crippen LogP contribution in [0, 0.1) is 0 Å². The number of hydrogen-bond acceptors (Lipinski definition) is 5. The van der Waals surface area contributed by atoms with E-state index < -0.39 is 16.0 Å². The zero-order valence-electron chi connectivity index (χ0n) is 14.5. The third-order valence-electron chi connectivity index (χ3n) is 4.18. The number of sulfonamides is 1. The fourth-order valence-electron chi connectivity index (χ4n) is 2.89. The van der Waals surface area contributed by atoms with Crippen LogP contribution in [0.2, 0.25) is 0 Å². The summed E-state index contributed by atoms with van der Waals surface area (Å²) in [4.78, 5) is 11.2. The molecule has 7 nitrogen and oxygen atoms in total. The van der Waals surface area contributed by atoms with E-state index in [-0.39, 0.29) is 16.5 Å². The van der Waals surface area contributed by atoms with Gasteiger partial charge in [0.15, 0.2) is 0 Å². The first-order valence-corrected chi connectivity index (χ1v) is 10.1. The van der Waals surface area contributed by atoms with Crippen molar-refractivity contribution in [2.24, 2.45) is 0 Å². The van der Waals surface area contributed by atoms with Crippen molar-refractivity contribution in [3.05, 3.63) is 23.8 Å². The molecule has 0 spiro atoms. The molecule has 0 heterocycles. The summed E-state index contributed by atoms with van der Waals surface area (Å²) in [5.74, 6) is -1.15. The third kappa shape index (κ3) is 5.69. The van der Waals surface area contributed by atoms with Crippen LogP contribution in [-0.2, 0) is 14.8 Å². The minimum absolute atomic E-state index is 0.0179. The normalized spacial score (nSPS) is 15.4. The van der Waals surface area contributed by atoms with Crippen molar-refractivity contribution in [3.63, 3.8) is 0 Å². The first kappa shape index (κ1) is 19.7. The quantitative estimate of drug-likeness (QED) is 0.547. The Labute approximate surface area is 148 Å². The number of rotatable bonds is 10. The van der Waals surface area contributed by atoms with Crippen LogP contribution in [0.1, 0.15) is 49.4 Å². The van der Waals surface area contributed by atoms with Crippen molar-refractivity contribution in [1.29, 1.82) is 0 Å². The van der Waals surface area contributed by atoms with Crippen LogP contribution < -0.4 is 10.0 Å². The summed E-state index contributed by atoms with van der Waals surface area (Å²) in [6, 6.07) is 4.05. The van der Waals surface area contributed by atoms with Crippen LogP contribution in [-0.4, -0.2) is 45.3 Å². The van der Waals surface area contributed by atoms with Gasteiger partial charge in [-0.3, -0.25) is 0 Å². The highest BCUT2D eigenvalue weighted by Gasteiger charge is 2.26. The standard InChI is InChI=1S/C17H26N2O5S/c1-2-24-11-5-10-18-15-9-8-13(17(20)21)12-16(15)25(22,23)19-14-6-3-4-7-14/h8-9,12,14,18-19H,2-7,10-11H2,1H3,(H,20,21). The van der Waals surface area contributed by atoms with Gasteiger partial charge >= 0.3 is 5.97 Å². The van der Waals surface area contributed by atoms with Gasteiger partial charge in [0.1, 0.15) is 4.90 Å². The predicted octanol–water partition coefficient (Wildman–Crippen LogP) is 2.44. The largest absolute Gasteiger partial charge is 0.478 e. The Bertz CT molecular complexity index is 684. The molecule has 3 N–H and O–H groups in total. The molecule has 0 amide bonds. The van der Waals surface area contributed by atoms with E-state index in [4.69, 9.17) is 4.74 Å². The van der Waals surface area contributed by atoms with E-state index in [1.807, 2.05) is 6.92 Å². The molecule has 25 heavy (non-hydrogen) atoms.